The zero-order valence-corrected chi connectivity index (χ0v) is 14.3. The van der Waals surface area contributed by atoms with Crippen LogP contribution < -0.4 is 5.32 Å². The van der Waals surface area contributed by atoms with Gasteiger partial charge in [0, 0.05) is 10.9 Å². The quantitative estimate of drug-likeness (QED) is 0.540. The molecule has 1 amide bonds. The molecule has 3 nitrogen and oxygen atoms in total. The molecular weight excluding hydrogens is 316 g/mol. The van der Waals surface area contributed by atoms with Crippen molar-refractivity contribution >= 4 is 43.4 Å². The number of benzene rings is 3. The van der Waals surface area contributed by atoms with Crippen LogP contribution in [0, 0.1) is 13.8 Å². The topological polar surface area (TPSA) is 42.0 Å². The van der Waals surface area contributed by atoms with Gasteiger partial charge in [-0.05, 0) is 37.4 Å². The molecule has 118 valence electrons. The van der Waals surface area contributed by atoms with E-state index in [9.17, 15) is 4.79 Å². The van der Waals surface area contributed by atoms with Gasteiger partial charge in [0.05, 0.1) is 10.2 Å². The fourth-order valence-corrected chi connectivity index (χ4v) is 3.87. The van der Waals surface area contributed by atoms with Crippen molar-refractivity contribution in [3.05, 3.63) is 71.3 Å². The van der Waals surface area contributed by atoms with Crippen LogP contribution in [0.3, 0.4) is 0 Å². The number of carbonyl (C=O) groups excluding carboxylic acids is 1. The molecule has 0 aliphatic heterocycles. The van der Waals surface area contributed by atoms with Crippen molar-refractivity contribution in [2.45, 2.75) is 13.8 Å². The maximum atomic E-state index is 12.5. The number of hydrogen-bond donors (Lipinski definition) is 1. The molecule has 1 heterocycles. The summed E-state index contributed by atoms with van der Waals surface area (Å²) in [6.07, 6.45) is 0. The molecule has 4 rings (SSSR count). The average Bonchev–Trinajstić information content (AvgIpc) is 2.97. The zero-order valence-electron chi connectivity index (χ0n) is 13.5. The van der Waals surface area contributed by atoms with E-state index in [-0.39, 0.29) is 5.91 Å². The lowest BCUT2D eigenvalue weighted by Gasteiger charge is -2.04. The molecule has 0 fully saturated rings. The highest BCUT2D eigenvalue weighted by Crippen LogP contribution is 2.31. The van der Waals surface area contributed by atoms with E-state index < -0.39 is 0 Å². The maximum Gasteiger partial charge on any atom is 0.257 e. The van der Waals surface area contributed by atoms with Crippen LogP contribution >= 0.6 is 11.3 Å². The Morgan fingerprint density at radius 1 is 1.00 bits per heavy atom. The van der Waals surface area contributed by atoms with Crippen LogP contribution in [0.1, 0.15) is 21.5 Å². The van der Waals surface area contributed by atoms with Gasteiger partial charge in [0.15, 0.2) is 5.13 Å². The van der Waals surface area contributed by atoms with Gasteiger partial charge in [0.2, 0.25) is 0 Å². The number of aryl methyl sites for hydroxylation is 2. The predicted molar refractivity (Wildman–Crippen MR) is 101 cm³/mol. The first kappa shape index (κ1) is 14.8. The van der Waals surface area contributed by atoms with Gasteiger partial charge in [-0.3, -0.25) is 10.1 Å². The van der Waals surface area contributed by atoms with Gasteiger partial charge in [-0.2, -0.15) is 0 Å². The van der Waals surface area contributed by atoms with E-state index in [1.165, 1.54) is 11.3 Å². The van der Waals surface area contributed by atoms with Gasteiger partial charge in [-0.15, -0.1) is 0 Å². The van der Waals surface area contributed by atoms with Crippen LogP contribution in [-0.2, 0) is 0 Å². The minimum absolute atomic E-state index is 0.120. The van der Waals surface area contributed by atoms with Crippen molar-refractivity contribution in [1.82, 2.24) is 4.98 Å². The van der Waals surface area contributed by atoms with E-state index in [1.54, 1.807) is 0 Å². The first-order valence-corrected chi connectivity index (χ1v) is 8.60. The van der Waals surface area contributed by atoms with Gasteiger partial charge >= 0.3 is 0 Å². The standard InChI is InChI=1S/C20H16N2OS/c1-12-9-13(2)11-15(10-12)19(23)22-20-21-18-16-6-4-3-5-14(16)7-8-17(18)24-20/h3-11H,1-2H3,(H,21,22,23). The number of aromatic nitrogens is 1. The monoisotopic (exact) mass is 332 g/mol. The maximum absolute atomic E-state index is 12.5. The minimum atomic E-state index is -0.120. The molecule has 1 aromatic heterocycles. The Bertz CT molecular complexity index is 1060. The summed E-state index contributed by atoms with van der Waals surface area (Å²) in [6.45, 7) is 3.99. The predicted octanol–water partition coefficient (Wildman–Crippen LogP) is 5.32. The smallest absolute Gasteiger partial charge is 0.257 e. The number of amides is 1. The van der Waals surface area contributed by atoms with Crippen molar-refractivity contribution in [2.24, 2.45) is 0 Å². The van der Waals surface area contributed by atoms with Crippen LogP contribution in [0.2, 0.25) is 0 Å². The Kier molecular flexibility index (Phi) is 3.54. The molecule has 24 heavy (non-hydrogen) atoms. The number of fused-ring (bicyclic) bond motifs is 3. The summed E-state index contributed by atoms with van der Waals surface area (Å²) in [7, 11) is 0. The molecular formula is C20H16N2OS. The fraction of sp³-hybridized carbons (Fsp3) is 0.100. The number of anilines is 1. The number of hydrogen-bond acceptors (Lipinski definition) is 3. The zero-order chi connectivity index (χ0) is 16.7. The van der Waals surface area contributed by atoms with E-state index in [4.69, 9.17) is 0 Å². The fourth-order valence-electron chi connectivity index (χ4n) is 2.99. The van der Waals surface area contributed by atoms with Gasteiger partial charge < -0.3 is 0 Å². The molecule has 0 unspecified atom stereocenters. The Morgan fingerprint density at radius 3 is 2.54 bits per heavy atom. The molecule has 3 aromatic carbocycles. The number of nitrogens with one attached hydrogen (secondary N) is 1. The van der Waals surface area contributed by atoms with E-state index in [0.29, 0.717) is 10.7 Å². The highest BCUT2D eigenvalue weighted by molar-refractivity contribution is 7.22. The Balaban J connectivity index is 1.72. The molecule has 0 radical (unpaired) electrons. The van der Waals surface area contributed by atoms with Crippen LogP contribution in [0.5, 0.6) is 0 Å². The number of carbonyl (C=O) groups is 1. The third-order valence-corrected chi connectivity index (χ3v) is 4.92. The lowest BCUT2D eigenvalue weighted by atomic mass is 10.1. The number of rotatable bonds is 2. The Hall–Kier alpha value is -2.72. The minimum Gasteiger partial charge on any atom is -0.298 e. The highest BCUT2D eigenvalue weighted by Gasteiger charge is 2.12. The molecule has 4 aromatic rings. The number of thiazole rings is 1. The first-order valence-electron chi connectivity index (χ1n) is 7.78. The van der Waals surface area contributed by atoms with Crippen molar-refractivity contribution in [3.8, 4) is 0 Å². The molecule has 0 saturated carbocycles. The second-order valence-electron chi connectivity index (χ2n) is 5.98. The lowest BCUT2D eigenvalue weighted by Crippen LogP contribution is -2.12. The summed E-state index contributed by atoms with van der Waals surface area (Å²) in [5.41, 5.74) is 3.76. The first-order chi connectivity index (χ1) is 11.6. The second kappa shape index (κ2) is 5.73. The summed E-state index contributed by atoms with van der Waals surface area (Å²) < 4.78 is 1.07. The van der Waals surface area contributed by atoms with Gasteiger partial charge in [-0.25, -0.2) is 4.98 Å². The van der Waals surface area contributed by atoms with E-state index in [0.717, 1.165) is 32.1 Å². The van der Waals surface area contributed by atoms with Crippen LogP contribution in [0.25, 0.3) is 21.0 Å². The van der Waals surface area contributed by atoms with Crippen molar-refractivity contribution in [2.75, 3.05) is 5.32 Å². The largest absolute Gasteiger partial charge is 0.298 e. The van der Waals surface area contributed by atoms with E-state index >= 15 is 0 Å². The SMILES string of the molecule is Cc1cc(C)cc(C(=O)Nc2nc3c(ccc4ccccc43)s2)c1. The summed E-state index contributed by atoms with van der Waals surface area (Å²) in [6, 6.07) is 18.1. The highest BCUT2D eigenvalue weighted by atomic mass is 32.1. The molecule has 0 aliphatic carbocycles. The molecule has 0 atom stereocenters. The molecule has 0 spiro atoms. The molecule has 0 aliphatic rings. The molecule has 1 N–H and O–H groups in total. The lowest BCUT2D eigenvalue weighted by molar-refractivity contribution is 0.102. The summed E-state index contributed by atoms with van der Waals surface area (Å²) >= 11 is 1.50. The molecule has 0 bridgehead atoms. The second-order valence-corrected chi connectivity index (χ2v) is 7.01. The van der Waals surface area contributed by atoms with E-state index in [2.05, 4.69) is 40.6 Å². The normalized spacial score (nSPS) is 11.1. The summed E-state index contributed by atoms with van der Waals surface area (Å²) in [5.74, 6) is -0.120. The summed E-state index contributed by atoms with van der Waals surface area (Å²) in [5, 5.41) is 5.83. The van der Waals surface area contributed by atoms with Crippen molar-refractivity contribution < 1.29 is 4.79 Å². The van der Waals surface area contributed by atoms with Gasteiger partial charge in [0.1, 0.15) is 0 Å². The third-order valence-electron chi connectivity index (χ3n) is 3.99. The third kappa shape index (κ3) is 2.65. The summed E-state index contributed by atoms with van der Waals surface area (Å²) in [4.78, 5) is 17.2. The number of nitrogens with zero attached hydrogens (tertiary/aromatic N) is 1. The van der Waals surface area contributed by atoms with Crippen LogP contribution in [0.4, 0.5) is 5.13 Å². The Morgan fingerprint density at radius 2 is 1.75 bits per heavy atom. The molecule has 4 heteroatoms. The Labute approximate surface area is 144 Å². The van der Waals surface area contributed by atoms with Gasteiger partial charge in [-0.1, -0.05) is 58.9 Å². The average molecular weight is 332 g/mol. The van der Waals surface area contributed by atoms with Crippen LogP contribution in [-0.4, -0.2) is 10.9 Å². The van der Waals surface area contributed by atoms with Gasteiger partial charge in [0.25, 0.3) is 5.91 Å². The van der Waals surface area contributed by atoms with Crippen molar-refractivity contribution in [3.63, 3.8) is 0 Å². The van der Waals surface area contributed by atoms with E-state index in [1.807, 2.05) is 38.1 Å². The van der Waals surface area contributed by atoms with Crippen LogP contribution in [0.15, 0.2) is 54.6 Å². The molecule has 0 saturated heterocycles. The van der Waals surface area contributed by atoms with Crippen molar-refractivity contribution in [1.29, 1.82) is 0 Å².